The van der Waals surface area contributed by atoms with Crippen molar-refractivity contribution in [3.8, 4) is 0 Å². The predicted octanol–water partition coefficient (Wildman–Crippen LogP) is 0.475. The van der Waals surface area contributed by atoms with Crippen molar-refractivity contribution >= 4 is 11.7 Å². The fraction of sp³-hybridized carbons (Fsp3) is 0.333. The molecule has 0 saturated heterocycles. The van der Waals surface area contributed by atoms with Crippen molar-refractivity contribution in [3.63, 3.8) is 0 Å². The third kappa shape index (κ3) is 3.66. The van der Waals surface area contributed by atoms with Gasteiger partial charge in [0.2, 0.25) is 0 Å². The second-order valence-electron chi connectivity index (χ2n) is 4.36. The first-order chi connectivity index (χ1) is 9.99. The second kappa shape index (κ2) is 6.18. The molecular weight excluding hydrogens is 280 g/mol. The lowest BCUT2D eigenvalue weighted by atomic mass is 10.2. The number of carbonyl (C=O) groups excluding carboxylic acids is 1. The van der Waals surface area contributed by atoms with Crippen LogP contribution in [0.1, 0.15) is 11.5 Å². The van der Waals surface area contributed by atoms with Crippen LogP contribution in [0.25, 0.3) is 0 Å². The smallest absolute Gasteiger partial charge is 0.323 e. The molecule has 112 valence electrons. The van der Waals surface area contributed by atoms with Gasteiger partial charge in [0.05, 0.1) is 18.6 Å². The van der Waals surface area contributed by atoms with Crippen LogP contribution in [0.5, 0.6) is 0 Å². The van der Waals surface area contributed by atoms with Crippen LogP contribution in [0.15, 0.2) is 28.9 Å². The molecule has 0 saturated carbocycles. The highest BCUT2D eigenvalue weighted by Crippen LogP contribution is 2.13. The van der Waals surface area contributed by atoms with E-state index in [1.165, 1.54) is 18.0 Å². The van der Waals surface area contributed by atoms with Gasteiger partial charge in [-0.25, -0.2) is 0 Å². The molecule has 0 aromatic carbocycles. The molecule has 2 N–H and O–H groups in total. The van der Waals surface area contributed by atoms with Crippen LogP contribution in [-0.2, 0) is 22.5 Å². The van der Waals surface area contributed by atoms with Crippen LogP contribution < -0.4 is 5.73 Å². The van der Waals surface area contributed by atoms with Gasteiger partial charge >= 0.3 is 11.7 Å². The number of carbonyl (C=O) groups is 1. The van der Waals surface area contributed by atoms with E-state index in [0.717, 1.165) is 6.20 Å². The van der Waals surface area contributed by atoms with Gasteiger partial charge in [0.25, 0.3) is 0 Å². The van der Waals surface area contributed by atoms with E-state index >= 15 is 0 Å². The maximum Gasteiger partial charge on any atom is 0.323 e. The Morgan fingerprint density at radius 1 is 1.57 bits per heavy atom. The molecule has 0 aliphatic carbocycles. The van der Waals surface area contributed by atoms with Gasteiger partial charge < -0.3 is 14.9 Å². The van der Waals surface area contributed by atoms with Crippen LogP contribution in [-0.4, -0.2) is 33.8 Å². The van der Waals surface area contributed by atoms with Crippen LogP contribution in [0.2, 0.25) is 0 Å². The molecule has 21 heavy (non-hydrogen) atoms. The highest BCUT2D eigenvalue weighted by Gasteiger charge is 2.17. The number of hydrogen-bond acceptors (Lipinski definition) is 7. The van der Waals surface area contributed by atoms with E-state index in [4.69, 9.17) is 10.2 Å². The number of nitro groups is 1. The Bertz CT molecular complexity index is 648. The lowest BCUT2D eigenvalue weighted by Crippen LogP contribution is -2.33. The van der Waals surface area contributed by atoms with Crippen LogP contribution in [0.4, 0.5) is 5.69 Å². The molecule has 2 aromatic rings. The topological polar surface area (TPSA) is 126 Å². The minimum atomic E-state index is -0.792. The standard InChI is InChI=1S/C12H14N4O5/c1-20-12(17)11(13)4-9-2-3-10(21-9)7-15-6-8(5-14-15)16(18)19/h2-3,5-6,11H,4,7,13H2,1H3. The van der Waals surface area contributed by atoms with Crippen molar-refractivity contribution < 1.29 is 18.9 Å². The largest absolute Gasteiger partial charge is 0.468 e. The van der Waals surface area contributed by atoms with Crippen LogP contribution in [0.3, 0.4) is 0 Å². The van der Waals surface area contributed by atoms with Crippen molar-refractivity contribution in [3.05, 3.63) is 46.2 Å². The van der Waals surface area contributed by atoms with Gasteiger partial charge in [0.15, 0.2) is 0 Å². The minimum Gasteiger partial charge on any atom is -0.468 e. The third-order valence-corrected chi connectivity index (χ3v) is 2.79. The van der Waals surface area contributed by atoms with Gasteiger partial charge in [-0.05, 0) is 12.1 Å². The summed E-state index contributed by atoms with van der Waals surface area (Å²) in [4.78, 5) is 21.2. The second-order valence-corrected chi connectivity index (χ2v) is 4.36. The highest BCUT2D eigenvalue weighted by atomic mass is 16.6. The van der Waals surface area contributed by atoms with Crippen molar-refractivity contribution in [2.24, 2.45) is 5.73 Å². The molecule has 2 rings (SSSR count). The number of nitrogens with two attached hydrogens (primary N) is 1. The molecule has 2 aromatic heterocycles. The monoisotopic (exact) mass is 294 g/mol. The van der Waals surface area contributed by atoms with E-state index in [1.807, 2.05) is 0 Å². The Hall–Kier alpha value is -2.68. The molecular formula is C12H14N4O5. The van der Waals surface area contributed by atoms with Crippen molar-refractivity contribution in [2.75, 3.05) is 7.11 Å². The summed E-state index contributed by atoms with van der Waals surface area (Å²) < 4.78 is 11.4. The summed E-state index contributed by atoms with van der Waals surface area (Å²) in [5.74, 6) is 0.570. The number of hydrogen-bond donors (Lipinski definition) is 1. The normalized spacial score (nSPS) is 12.1. The quantitative estimate of drug-likeness (QED) is 0.466. The van der Waals surface area contributed by atoms with Gasteiger partial charge in [-0.1, -0.05) is 0 Å². The fourth-order valence-corrected chi connectivity index (χ4v) is 1.76. The predicted molar refractivity (Wildman–Crippen MR) is 70.4 cm³/mol. The van der Waals surface area contributed by atoms with Gasteiger partial charge in [0, 0.05) is 6.42 Å². The molecule has 0 fully saturated rings. The first kappa shape index (κ1) is 14.7. The summed E-state index contributed by atoms with van der Waals surface area (Å²) in [6.07, 6.45) is 2.69. The van der Waals surface area contributed by atoms with Crippen molar-refractivity contribution in [2.45, 2.75) is 19.0 Å². The van der Waals surface area contributed by atoms with E-state index in [0.29, 0.717) is 11.5 Å². The minimum absolute atomic E-state index is 0.0884. The van der Waals surface area contributed by atoms with Gasteiger partial charge in [-0.2, -0.15) is 5.10 Å². The summed E-state index contributed by atoms with van der Waals surface area (Å²) >= 11 is 0. The van der Waals surface area contributed by atoms with Gasteiger partial charge in [-0.3, -0.25) is 19.6 Å². The molecule has 9 heteroatoms. The summed E-state index contributed by atoms with van der Waals surface area (Å²) in [6, 6.07) is 2.60. The Labute approximate surface area is 119 Å². The van der Waals surface area contributed by atoms with E-state index in [-0.39, 0.29) is 18.7 Å². The van der Waals surface area contributed by atoms with Gasteiger partial charge in [-0.15, -0.1) is 0 Å². The third-order valence-electron chi connectivity index (χ3n) is 2.79. The van der Waals surface area contributed by atoms with Crippen molar-refractivity contribution in [1.82, 2.24) is 9.78 Å². The molecule has 0 radical (unpaired) electrons. The zero-order valence-corrected chi connectivity index (χ0v) is 11.3. The lowest BCUT2D eigenvalue weighted by Gasteiger charge is -2.06. The highest BCUT2D eigenvalue weighted by molar-refractivity contribution is 5.75. The zero-order chi connectivity index (χ0) is 15.4. The average molecular weight is 294 g/mol. The average Bonchev–Trinajstić information content (AvgIpc) is 3.08. The Morgan fingerprint density at radius 3 is 2.90 bits per heavy atom. The first-order valence-corrected chi connectivity index (χ1v) is 6.07. The number of aromatic nitrogens is 2. The molecule has 0 aliphatic rings. The SMILES string of the molecule is COC(=O)C(N)Cc1ccc(Cn2cc([N+](=O)[O-])cn2)o1. The van der Waals surface area contributed by atoms with E-state index in [9.17, 15) is 14.9 Å². The molecule has 0 bridgehead atoms. The number of rotatable bonds is 6. The van der Waals surface area contributed by atoms with E-state index < -0.39 is 16.9 Å². The summed E-state index contributed by atoms with van der Waals surface area (Å²) in [6.45, 7) is 0.251. The maximum atomic E-state index is 11.2. The fourth-order valence-electron chi connectivity index (χ4n) is 1.76. The molecule has 1 atom stereocenters. The number of ether oxygens (including phenoxy) is 1. The van der Waals surface area contributed by atoms with Crippen molar-refractivity contribution in [1.29, 1.82) is 0 Å². The number of esters is 1. The summed E-state index contributed by atoms with van der Waals surface area (Å²) in [5.41, 5.74) is 5.54. The van der Waals surface area contributed by atoms with E-state index in [1.54, 1.807) is 12.1 Å². The first-order valence-electron chi connectivity index (χ1n) is 6.07. The Kier molecular flexibility index (Phi) is 4.33. The molecule has 0 aliphatic heterocycles. The maximum absolute atomic E-state index is 11.2. The van der Waals surface area contributed by atoms with Crippen LogP contribution >= 0.6 is 0 Å². The molecule has 0 amide bonds. The lowest BCUT2D eigenvalue weighted by molar-refractivity contribution is -0.385. The van der Waals surface area contributed by atoms with Gasteiger partial charge in [0.1, 0.15) is 30.0 Å². The number of methoxy groups -OCH3 is 1. The van der Waals surface area contributed by atoms with Crippen LogP contribution in [0, 0.1) is 10.1 Å². The summed E-state index contributed by atoms with van der Waals surface area (Å²) in [7, 11) is 1.26. The summed E-state index contributed by atoms with van der Waals surface area (Å²) in [5, 5.41) is 14.4. The van der Waals surface area contributed by atoms with E-state index in [2.05, 4.69) is 9.84 Å². The molecule has 9 nitrogen and oxygen atoms in total. The number of nitrogens with zero attached hydrogens (tertiary/aromatic N) is 3. The zero-order valence-electron chi connectivity index (χ0n) is 11.3. The molecule has 0 spiro atoms. The molecule has 2 heterocycles. The molecule has 1 unspecified atom stereocenters. The Balaban J connectivity index is 1.99. The number of furan rings is 1. The Morgan fingerprint density at radius 2 is 2.29 bits per heavy atom.